The number of carbonyl (C=O) groups excluding carboxylic acids is 1. The number of nitrogens with zero attached hydrogens (tertiary/aromatic N) is 1. The van der Waals surface area contributed by atoms with Crippen LogP contribution in [0.15, 0.2) is 59.0 Å². The third-order valence-corrected chi connectivity index (χ3v) is 4.24. The zero-order valence-corrected chi connectivity index (χ0v) is 12.4. The number of amides is 1. The molecule has 1 N–H and O–H groups in total. The predicted molar refractivity (Wildman–Crippen MR) is 88.1 cm³/mol. The van der Waals surface area contributed by atoms with Crippen molar-refractivity contribution in [3.63, 3.8) is 0 Å². The van der Waals surface area contributed by atoms with Crippen molar-refractivity contribution in [1.82, 2.24) is 5.43 Å². The third kappa shape index (κ3) is 2.85. The molecule has 0 bridgehead atoms. The maximum Gasteiger partial charge on any atom is 0.271 e. The minimum Gasteiger partial charge on any atom is -0.267 e. The fourth-order valence-electron chi connectivity index (χ4n) is 2.15. The lowest BCUT2D eigenvalue weighted by atomic mass is 10.0. The van der Waals surface area contributed by atoms with Crippen LogP contribution in [0.2, 0.25) is 0 Å². The van der Waals surface area contributed by atoms with Gasteiger partial charge in [0.15, 0.2) is 0 Å². The number of aryl methyl sites for hydroxylation is 1. The highest BCUT2D eigenvalue weighted by Gasteiger charge is 2.08. The van der Waals surface area contributed by atoms with Crippen molar-refractivity contribution >= 4 is 34.2 Å². The smallest absolute Gasteiger partial charge is 0.267 e. The molecule has 3 rings (SSSR count). The molecule has 0 aliphatic heterocycles. The first-order valence-corrected chi connectivity index (χ1v) is 7.49. The van der Waals surface area contributed by atoms with Gasteiger partial charge in [-0.05, 0) is 40.8 Å². The number of benzene rings is 2. The molecule has 0 saturated heterocycles. The number of fused-ring (bicyclic) bond motifs is 1. The topological polar surface area (TPSA) is 41.5 Å². The summed E-state index contributed by atoms with van der Waals surface area (Å²) in [7, 11) is 0. The molecule has 3 aromatic rings. The summed E-state index contributed by atoms with van der Waals surface area (Å²) in [6.07, 6.45) is 1.68. The fourth-order valence-corrected chi connectivity index (χ4v) is 2.94. The van der Waals surface area contributed by atoms with Crippen LogP contribution in [0.4, 0.5) is 0 Å². The number of rotatable bonds is 3. The van der Waals surface area contributed by atoms with Gasteiger partial charge < -0.3 is 0 Å². The summed E-state index contributed by atoms with van der Waals surface area (Å²) in [6, 6.07) is 15.5. The first-order chi connectivity index (χ1) is 10.3. The van der Waals surface area contributed by atoms with Gasteiger partial charge in [-0.25, -0.2) is 5.43 Å². The minimum atomic E-state index is -0.197. The molecule has 104 valence electrons. The SMILES string of the molecule is Cc1ccsc1C=NNC(=O)c1cccc2ccccc12. The van der Waals surface area contributed by atoms with E-state index in [2.05, 4.69) is 10.5 Å². The number of carbonyl (C=O) groups is 1. The Hall–Kier alpha value is -2.46. The Balaban J connectivity index is 1.82. The highest BCUT2D eigenvalue weighted by Crippen LogP contribution is 2.18. The second kappa shape index (κ2) is 5.89. The van der Waals surface area contributed by atoms with Crippen molar-refractivity contribution in [2.45, 2.75) is 6.92 Å². The minimum absolute atomic E-state index is 0.197. The molecule has 1 aromatic heterocycles. The quantitative estimate of drug-likeness (QED) is 0.576. The maximum atomic E-state index is 12.3. The first-order valence-electron chi connectivity index (χ1n) is 6.61. The number of hydrogen-bond donors (Lipinski definition) is 1. The summed E-state index contributed by atoms with van der Waals surface area (Å²) >= 11 is 1.60. The van der Waals surface area contributed by atoms with E-state index in [1.54, 1.807) is 17.6 Å². The average Bonchev–Trinajstić information content (AvgIpc) is 2.92. The van der Waals surface area contributed by atoms with Gasteiger partial charge in [0.25, 0.3) is 5.91 Å². The molecule has 21 heavy (non-hydrogen) atoms. The molecule has 4 heteroatoms. The molecule has 1 heterocycles. The van der Waals surface area contributed by atoms with E-state index in [0.29, 0.717) is 5.56 Å². The van der Waals surface area contributed by atoms with Crippen LogP contribution in [0.3, 0.4) is 0 Å². The number of thiophene rings is 1. The van der Waals surface area contributed by atoms with Gasteiger partial charge in [-0.2, -0.15) is 5.10 Å². The molecule has 0 spiro atoms. The van der Waals surface area contributed by atoms with Crippen molar-refractivity contribution in [1.29, 1.82) is 0 Å². The second-order valence-electron chi connectivity index (χ2n) is 4.69. The molecule has 0 radical (unpaired) electrons. The third-order valence-electron chi connectivity index (χ3n) is 3.28. The van der Waals surface area contributed by atoms with E-state index in [1.165, 1.54) is 0 Å². The van der Waals surface area contributed by atoms with E-state index in [-0.39, 0.29) is 5.91 Å². The number of hydrazone groups is 1. The van der Waals surface area contributed by atoms with Crippen molar-refractivity contribution in [2.24, 2.45) is 5.10 Å². The molecule has 2 aromatic carbocycles. The lowest BCUT2D eigenvalue weighted by molar-refractivity contribution is 0.0957. The Labute approximate surface area is 126 Å². The molecule has 0 aliphatic rings. The summed E-state index contributed by atoms with van der Waals surface area (Å²) in [6.45, 7) is 2.02. The molecular weight excluding hydrogens is 280 g/mol. The van der Waals surface area contributed by atoms with E-state index in [4.69, 9.17) is 0 Å². The van der Waals surface area contributed by atoms with Crippen LogP contribution in [0.1, 0.15) is 20.8 Å². The molecule has 0 fully saturated rings. The first kappa shape index (κ1) is 13.5. The maximum absolute atomic E-state index is 12.3. The summed E-state index contributed by atoms with van der Waals surface area (Å²) in [5.74, 6) is -0.197. The normalized spacial score (nSPS) is 11.1. The Bertz CT molecular complexity index is 815. The van der Waals surface area contributed by atoms with Crippen LogP contribution in [-0.4, -0.2) is 12.1 Å². The number of hydrogen-bond acceptors (Lipinski definition) is 3. The summed E-state index contributed by atoms with van der Waals surface area (Å²) in [5, 5.41) is 8.02. The van der Waals surface area contributed by atoms with E-state index in [1.807, 2.05) is 60.8 Å². The van der Waals surface area contributed by atoms with Gasteiger partial charge in [0.1, 0.15) is 0 Å². The molecular formula is C17H14N2OS. The summed E-state index contributed by atoms with van der Waals surface area (Å²) in [4.78, 5) is 13.3. The van der Waals surface area contributed by atoms with Gasteiger partial charge in [-0.1, -0.05) is 36.4 Å². The molecule has 1 amide bonds. The largest absolute Gasteiger partial charge is 0.271 e. The summed E-state index contributed by atoms with van der Waals surface area (Å²) in [5.41, 5.74) is 4.38. The predicted octanol–water partition coefficient (Wildman–Crippen LogP) is 3.97. The Morgan fingerprint density at radius 2 is 1.95 bits per heavy atom. The molecule has 0 aliphatic carbocycles. The summed E-state index contributed by atoms with van der Waals surface area (Å²) < 4.78 is 0. The zero-order chi connectivity index (χ0) is 14.7. The molecule has 3 nitrogen and oxygen atoms in total. The number of nitrogens with one attached hydrogen (secondary N) is 1. The standard InChI is InChI=1S/C17H14N2OS/c1-12-9-10-21-16(12)11-18-19-17(20)15-8-4-6-13-5-2-3-7-14(13)15/h2-11H,1H3,(H,19,20). The van der Waals surface area contributed by atoms with Gasteiger partial charge >= 0.3 is 0 Å². The van der Waals surface area contributed by atoms with Gasteiger partial charge in [0, 0.05) is 10.4 Å². The van der Waals surface area contributed by atoms with E-state index in [0.717, 1.165) is 21.2 Å². The molecule has 0 saturated carbocycles. The van der Waals surface area contributed by atoms with Gasteiger partial charge in [0.05, 0.1) is 6.21 Å². The Morgan fingerprint density at radius 3 is 2.76 bits per heavy atom. The van der Waals surface area contributed by atoms with Gasteiger partial charge in [0.2, 0.25) is 0 Å². The van der Waals surface area contributed by atoms with Crippen LogP contribution >= 0.6 is 11.3 Å². The average molecular weight is 294 g/mol. The van der Waals surface area contributed by atoms with Crippen molar-refractivity contribution in [3.8, 4) is 0 Å². The monoisotopic (exact) mass is 294 g/mol. The van der Waals surface area contributed by atoms with Crippen molar-refractivity contribution in [3.05, 3.63) is 69.9 Å². The van der Waals surface area contributed by atoms with Crippen molar-refractivity contribution < 1.29 is 4.79 Å². The molecule has 0 atom stereocenters. The van der Waals surface area contributed by atoms with Crippen LogP contribution in [0, 0.1) is 6.92 Å². The Kier molecular flexibility index (Phi) is 3.79. The lowest BCUT2D eigenvalue weighted by Gasteiger charge is -2.04. The van der Waals surface area contributed by atoms with E-state index >= 15 is 0 Å². The van der Waals surface area contributed by atoms with Crippen LogP contribution in [-0.2, 0) is 0 Å². The Morgan fingerprint density at radius 1 is 1.14 bits per heavy atom. The van der Waals surface area contributed by atoms with Crippen molar-refractivity contribution in [2.75, 3.05) is 0 Å². The second-order valence-corrected chi connectivity index (χ2v) is 5.64. The van der Waals surface area contributed by atoms with Gasteiger partial charge in [-0.3, -0.25) is 4.79 Å². The van der Waals surface area contributed by atoms with Crippen LogP contribution < -0.4 is 5.43 Å². The van der Waals surface area contributed by atoms with Crippen LogP contribution in [0.5, 0.6) is 0 Å². The highest BCUT2D eigenvalue weighted by molar-refractivity contribution is 7.11. The molecule has 0 unspecified atom stereocenters. The highest BCUT2D eigenvalue weighted by atomic mass is 32.1. The fraction of sp³-hybridized carbons (Fsp3) is 0.0588. The van der Waals surface area contributed by atoms with Crippen LogP contribution in [0.25, 0.3) is 10.8 Å². The van der Waals surface area contributed by atoms with E-state index in [9.17, 15) is 4.79 Å². The van der Waals surface area contributed by atoms with Gasteiger partial charge in [-0.15, -0.1) is 11.3 Å². The van der Waals surface area contributed by atoms with E-state index < -0.39 is 0 Å². The zero-order valence-electron chi connectivity index (χ0n) is 11.5. The lowest BCUT2D eigenvalue weighted by Crippen LogP contribution is -2.17.